The van der Waals surface area contributed by atoms with Gasteiger partial charge in [-0.1, -0.05) is 23.7 Å². The molecule has 140 valence electrons. The molecular formula is C20H20ClN3O3. The predicted molar refractivity (Wildman–Crippen MR) is 103 cm³/mol. The van der Waals surface area contributed by atoms with E-state index >= 15 is 0 Å². The zero-order valence-electron chi connectivity index (χ0n) is 14.7. The maximum absolute atomic E-state index is 13.0. The standard InChI is InChI=1S/C20H20ClN3O3/c21-16-7-3-14(4-8-16)12-19(26)24(13-23-11-1-2-18(23)25)17-9-5-15(6-10-17)20(22)27/h3-10H,1-2,11-13H2,(H2,22,27). The van der Waals surface area contributed by atoms with Crippen molar-refractivity contribution in [2.75, 3.05) is 18.1 Å². The summed E-state index contributed by atoms with van der Waals surface area (Å²) < 4.78 is 0. The van der Waals surface area contributed by atoms with Gasteiger partial charge in [0.2, 0.25) is 17.7 Å². The van der Waals surface area contributed by atoms with Gasteiger partial charge in [-0.05, 0) is 48.4 Å². The van der Waals surface area contributed by atoms with Crippen LogP contribution in [0.5, 0.6) is 0 Å². The summed E-state index contributed by atoms with van der Waals surface area (Å²) in [5.41, 5.74) is 7.08. The van der Waals surface area contributed by atoms with Crippen LogP contribution in [0.1, 0.15) is 28.8 Å². The summed E-state index contributed by atoms with van der Waals surface area (Å²) >= 11 is 5.90. The normalized spacial score (nSPS) is 13.7. The van der Waals surface area contributed by atoms with E-state index in [-0.39, 0.29) is 24.9 Å². The second-order valence-electron chi connectivity index (χ2n) is 6.44. The number of hydrogen-bond donors (Lipinski definition) is 1. The summed E-state index contributed by atoms with van der Waals surface area (Å²) in [5.74, 6) is -0.646. The molecule has 6 nitrogen and oxygen atoms in total. The Morgan fingerprint density at radius 1 is 1.07 bits per heavy atom. The SMILES string of the molecule is NC(=O)c1ccc(N(CN2CCCC2=O)C(=O)Cc2ccc(Cl)cc2)cc1. The number of nitrogens with two attached hydrogens (primary N) is 1. The van der Waals surface area contributed by atoms with Crippen LogP contribution < -0.4 is 10.6 Å². The second-order valence-corrected chi connectivity index (χ2v) is 6.87. The number of hydrogen-bond acceptors (Lipinski definition) is 3. The van der Waals surface area contributed by atoms with Gasteiger partial charge in [-0.2, -0.15) is 0 Å². The smallest absolute Gasteiger partial charge is 0.248 e. The Balaban J connectivity index is 1.83. The Kier molecular flexibility index (Phi) is 5.76. The topological polar surface area (TPSA) is 83.7 Å². The lowest BCUT2D eigenvalue weighted by molar-refractivity contribution is -0.128. The minimum absolute atomic E-state index is 0.0352. The van der Waals surface area contributed by atoms with Crippen LogP contribution >= 0.6 is 11.6 Å². The third kappa shape index (κ3) is 4.65. The van der Waals surface area contributed by atoms with Crippen LogP contribution in [0.3, 0.4) is 0 Å². The van der Waals surface area contributed by atoms with E-state index in [9.17, 15) is 14.4 Å². The molecule has 0 spiro atoms. The quantitative estimate of drug-likeness (QED) is 0.829. The molecule has 1 fully saturated rings. The fraction of sp³-hybridized carbons (Fsp3) is 0.250. The van der Waals surface area contributed by atoms with Crippen LogP contribution in [0, 0.1) is 0 Å². The third-order valence-corrected chi connectivity index (χ3v) is 4.77. The van der Waals surface area contributed by atoms with Crippen LogP contribution in [0.15, 0.2) is 48.5 Å². The molecule has 0 aliphatic carbocycles. The summed E-state index contributed by atoms with van der Waals surface area (Å²) in [6, 6.07) is 13.6. The first-order valence-electron chi connectivity index (χ1n) is 8.66. The zero-order valence-corrected chi connectivity index (χ0v) is 15.5. The molecule has 0 bridgehead atoms. The molecule has 7 heteroatoms. The van der Waals surface area contributed by atoms with E-state index in [1.165, 1.54) is 0 Å². The zero-order chi connectivity index (χ0) is 19.4. The molecule has 27 heavy (non-hydrogen) atoms. The molecule has 1 heterocycles. The van der Waals surface area contributed by atoms with E-state index < -0.39 is 5.91 Å². The first-order valence-corrected chi connectivity index (χ1v) is 9.04. The lowest BCUT2D eigenvalue weighted by atomic mass is 10.1. The molecule has 1 saturated heterocycles. The number of benzene rings is 2. The third-order valence-electron chi connectivity index (χ3n) is 4.52. The summed E-state index contributed by atoms with van der Waals surface area (Å²) in [4.78, 5) is 39.5. The number of nitrogens with zero attached hydrogens (tertiary/aromatic N) is 2. The molecule has 2 N–H and O–H groups in total. The Bertz CT molecular complexity index is 850. The minimum atomic E-state index is -0.532. The molecule has 2 aromatic rings. The van der Waals surface area contributed by atoms with Crippen LogP contribution in [0.4, 0.5) is 5.69 Å². The Labute approximate surface area is 162 Å². The maximum Gasteiger partial charge on any atom is 0.248 e. The number of primary amides is 1. The van der Waals surface area contributed by atoms with Crippen LogP contribution in [0.25, 0.3) is 0 Å². The van der Waals surface area contributed by atoms with Crippen molar-refractivity contribution in [2.24, 2.45) is 5.73 Å². The highest BCUT2D eigenvalue weighted by Crippen LogP contribution is 2.20. The molecule has 3 rings (SSSR count). The van der Waals surface area contributed by atoms with E-state index in [4.69, 9.17) is 17.3 Å². The molecule has 0 radical (unpaired) electrons. The summed E-state index contributed by atoms with van der Waals surface area (Å²) in [7, 11) is 0. The summed E-state index contributed by atoms with van der Waals surface area (Å²) in [6.45, 7) is 0.810. The minimum Gasteiger partial charge on any atom is -0.366 e. The highest BCUT2D eigenvalue weighted by molar-refractivity contribution is 6.30. The monoisotopic (exact) mass is 385 g/mol. The van der Waals surface area contributed by atoms with Gasteiger partial charge in [-0.3, -0.25) is 19.3 Å². The van der Waals surface area contributed by atoms with Crippen molar-refractivity contribution in [3.63, 3.8) is 0 Å². The van der Waals surface area contributed by atoms with E-state index in [0.717, 1.165) is 12.0 Å². The number of likely N-dealkylation sites (tertiary alicyclic amines) is 1. The van der Waals surface area contributed by atoms with Crippen LogP contribution in [0.2, 0.25) is 5.02 Å². The second kappa shape index (κ2) is 8.22. The Morgan fingerprint density at radius 2 is 1.74 bits per heavy atom. The lowest BCUT2D eigenvalue weighted by Crippen LogP contribution is -2.43. The van der Waals surface area contributed by atoms with Crippen molar-refractivity contribution in [3.05, 3.63) is 64.7 Å². The number of amides is 3. The summed E-state index contributed by atoms with van der Waals surface area (Å²) in [6.07, 6.45) is 1.47. The molecular weight excluding hydrogens is 366 g/mol. The average Bonchev–Trinajstić information content (AvgIpc) is 3.06. The largest absolute Gasteiger partial charge is 0.366 e. The van der Waals surface area contributed by atoms with Gasteiger partial charge < -0.3 is 10.6 Å². The van der Waals surface area contributed by atoms with Gasteiger partial charge in [0.05, 0.1) is 6.42 Å². The van der Waals surface area contributed by atoms with E-state index in [0.29, 0.717) is 29.2 Å². The first kappa shape index (κ1) is 18.9. The van der Waals surface area contributed by atoms with Gasteiger partial charge in [-0.25, -0.2) is 0 Å². The van der Waals surface area contributed by atoms with E-state index in [2.05, 4.69) is 0 Å². The number of halogens is 1. The maximum atomic E-state index is 13.0. The molecule has 0 aromatic heterocycles. The number of carbonyl (C=O) groups is 3. The Morgan fingerprint density at radius 3 is 2.30 bits per heavy atom. The van der Waals surface area contributed by atoms with Gasteiger partial charge in [-0.15, -0.1) is 0 Å². The van der Waals surface area contributed by atoms with Gasteiger partial charge in [0.1, 0.15) is 6.67 Å². The van der Waals surface area contributed by atoms with Gasteiger partial charge in [0.15, 0.2) is 0 Å². The van der Waals surface area contributed by atoms with Crippen molar-refractivity contribution in [2.45, 2.75) is 19.3 Å². The van der Waals surface area contributed by atoms with Crippen molar-refractivity contribution in [3.8, 4) is 0 Å². The van der Waals surface area contributed by atoms with Crippen LogP contribution in [-0.2, 0) is 16.0 Å². The van der Waals surface area contributed by atoms with Gasteiger partial charge in [0.25, 0.3) is 0 Å². The van der Waals surface area contributed by atoms with Crippen molar-refractivity contribution < 1.29 is 14.4 Å². The number of rotatable bonds is 6. The van der Waals surface area contributed by atoms with Crippen molar-refractivity contribution in [1.29, 1.82) is 0 Å². The first-order chi connectivity index (χ1) is 12.9. The van der Waals surface area contributed by atoms with Gasteiger partial charge in [0, 0.05) is 29.2 Å². The molecule has 0 atom stereocenters. The van der Waals surface area contributed by atoms with E-state index in [1.807, 2.05) is 0 Å². The fourth-order valence-corrected chi connectivity index (χ4v) is 3.13. The van der Waals surface area contributed by atoms with E-state index in [1.54, 1.807) is 58.3 Å². The average molecular weight is 386 g/mol. The fourth-order valence-electron chi connectivity index (χ4n) is 3.01. The van der Waals surface area contributed by atoms with Crippen molar-refractivity contribution >= 4 is 35.0 Å². The highest BCUT2D eigenvalue weighted by Gasteiger charge is 2.25. The molecule has 2 aromatic carbocycles. The number of anilines is 1. The molecule has 1 aliphatic heterocycles. The van der Waals surface area contributed by atoms with Crippen LogP contribution in [-0.4, -0.2) is 35.8 Å². The lowest BCUT2D eigenvalue weighted by Gasteiger charge is -2.28. The Hall–Kier alpha value is -2.86. The molecule has 1 aliphatic rings. The summed E-state index contributed by atoms with van der Waals surface area (Å²) in [5, 5.41) is 0.604. The highest BCUT2D eigenvalue weighted by atomic mass is 35.5. The van der Waals surface area contributed by atoms with Gasteiger partial charge >= 0.3 is 0 Å². The number of carbonyl (C=O) groups excluding carboxylic acids is 3. The molecule has 0 saturated carbocycles. The predicted octanol–water partition coefficient (Wildman–Crippen LogP) is 2.59. The van der Waals surface area contributed by atoms with Crippen molar-refractivity contribution in [1.82, 2.24) is 4.90 Å². The molecule has 3 amide bonds. The molecule has 0 unspecified atom stereocenters.